The van der Waals surface area contributed by atoms with E-state index in [0.717, 1.165) is 18.7 Å². The van der Waals surface area contributed by atoms with Crippen molar-refractivity contribution in [1.82, 2.24) is 20.3 Å². The fourth-order valence-corrected chi connectivity index (χ4v) is 1.57. The lowest BCUT2D eigenvalue weighted by molar-refractivity contribution is 0.0948. The summed E-state index contributed by atoms with van der Waals surface area (Å²) < 4.78 is 0. The Morgan fingerprint density at radius 3 is 3.00 bits per heavy atom. The lowest BCUT2D eigenvalue weighted by atomic mass is 10.3. The first-order valence-electron chi connectivity index (χ1n) is 5.71. The molecule has 0 aliphatic rings. The molecule has 6 nitrogen and oxygen atoms in total. The molecule has 18 heavy (non-hydrogen) atoms. The molecule has 3 N–H and O–H groups in total. The second kappa shape index (κ2) is 5.81. The van der Waals surface area contributed by atoms with Crippen LogP contribution < -0.4 is 10.9 Å². The maximum absolute atomic E-state index is 11.7. The third kappa shape index (κ3) is 3.31. The van der Waals surface area contributed by atoms with Crippen molar-refractivity contribution in [3.8, 4) is 0 Å². The van der Waals surface area contributed by atoms with Crippen LogP contribution in [-0.4, -0.2) is 27.4 Å². The Labute approximate surface area is 103 Å². The lowest BCUT2D eigenvalue weighted by Crippen LogP contribution is -2.27. The maximum Gasteiger partial charge on any atom is 0.267 e. The second-order valence-electron chi connectivity index (χ2n) is 3.82. The number of aryl methyl sites for hydroxylation is 1. The summed E-state index contributed by atoms with van der Waals surface area (Å²) in [6, 6.07) is 4.49. The van der Waals surface area contributed by atoms with Gasteiger partial charge in [0.25, 0.3) is 5.91 Å². The summed E-state index contributed by atoms with van der Waals surface area (Å²) in [5.41, 5.74) is -0.00117. The van der Waals surface area contributed by atoms with Crippen molar-refractivity contribution in [2.75, 3.05) is 6.54 Å². The highest BCUT2D eigenvalue weighted by Crippen LogP contribution is 1.94. The van der Waals surface area contributed by atoms with Gasteiger partial charge in [0.05, 0.1) is 0 Å². The first kappa shape index (κ1) is 12.1. The largest absolute Gasteiger partial charge is 0.351 e. The number of aromatic nitrogens is 3. The molecule has 0 saturated heterocycles. The molecule has 2 heterocycles. The minimum absolute atomic E-state index is 0.271. The third-order valence-electron chi connectivity index (χ3n) is 2.44. The zero-order valence-corrected chi connectivity index (χ0v) is 9.77. The van der Waals surface area contributed by atoms with Gasteiger partial charge in [-0.2, -0.15) is 0 Å². The van der Waals surface area contributed by atoms with Crippen LogP contribution in [0.1, 0.15) is 22.7 Å². The number of amides is 1. The fraction of sp³-hybridized carbons (Fsp3) is 0.250. The number of H-pyrrole nitrogens is 2. The van der Waals surface area contributed by atoms with Crippen molar-refractivity contribution in [3.63, 3.8) is 0 Å². The van der Waals surface area contributed by atoms with Gasteiger partial charge in [-0.25, -0.2) is 4.98 Å². The zero-order chi connectivity index (χ0) is 12.8. The smallest absolute Gasteiger partial charge is 0.267 e. The highest BCUT2D eigenvalue weighted by atomic mass is 16.2. The number of hydrogen-bond donors (Lipinski definition) is 3. The maximum atomic E-state index is 11.7. The first-order chi connectivity index (χ1) is 8.75. The van der Waals surface area contributed by atoms with Crippen LogP contribution in [0.4, 0.5) is 0 Å². The van der Waals surface area contributed by atoms with Gasteiger partial charge >= 0.3 is 0 Å². The molecule has 0 spiro atoms. The van der Waals surface area contributed by atoms with Crippen LogP contribution in [0.5, 0.6) is 0 Å². The molecule has 2 aromatic rings. The molecular formula is C12H14N4O2. The average Bonchev–Trinajstić information content (AvgIpc) is 2.87. The fourth-order valence-electron chi connectivity index (χ4n) is 1.57. The van der Waals surface area contributed by atoms with Crippen LogP contribution in [-0.2, 0) is 6.42 Å². The number of nitrogens with one attached hydrogen (secondary N) is 3. The van der Waals surface area contributed by atoms with Crippen molar-refractivity contribution in [3.05, 3.63) is 52.5 Å². The van der Waals surface area contributed by atoms with E-state index < -0.39 is 0 Å². The van der Waals surface area contributed by atoms with Gasteiger partial charge in [-0.1, -0.05) is 6.07 Å². The molecule has 6 heteroatoms. The Kier molecular flexibility index (Phi) is 3.90. The molecule has 94 valence electrons. The highest BCUT2D eigenvalue weighted by molar-refractivity contribution is 5.92. The van der Waals surface area contributed by atoms with Gasteiger partial charge in [0.2, 0.25) is 5.56 Å². The van der Waals surface area contributed by atoms with Crippen molar-refractivity contribution in [2.24, 2.45) is 0 Å². The zero-order valence-electron chi connectivity index (χ0n) is 9.77. The topological polar surface area (TPSA) is 90.6 Å². The van der Waals surface area contributed by atoms with E-state index in [0.29, 0.717) is 6.54 Å². The van der Waals surface area contributed by atoms with E-state index in [9.17, 15) is 9.59 Å². The quantitative estimate of drug-likeness (QED) is 0.669. The van der Waals surface area contributed by atoms with E-state index >= 15 is 0 Å². The molecule has 1 amide bonds. The minimum Gasteiger partial charge on any atom is -0.351 e. The van der Waals surface area contributed by atoms with Gasteiger partial charge in [-0.05, 0) is 12.5 Å². The van der Waals surface area contributed by atoms with Gasteiger partial charge in [0.15, 0.2) is 0 Å². The molecule has 0 fully saturated rings. The van der Waals surface area contributed by atoms with Crippen LogP contribution in [0.25, 0.3) is 0 Å². The average molecular weight is 246 g/mol. The number of aromatic amines is 2. The second-order valence-corrected chi connectivity index (χ2v) is 3.82. The van der Waals surface area contributed by atoms with Crippen molar-refractivity contribution < 1.29 is 4.79 Å². The Balaban J connectivity index is 1.77. The van der Waals surface area contributed by atoms with Crippen molar-refractivity contribution >= 4 is 5.91 Å². The number of rotatable bonds is 5. The summed E-state index contributed by atoms with van der Waals surface area (Å²) >= 11 is 0. The van der Waals surface area contributed by atoms with Gasteiger partial charge in [0, 0.05) is 31.4 Å². The molecule has 0 aliphatic carbocycles. The summed E-state index contributed by atoms with van der Waals surface area (Å²) in [5, 5.41) is 2.74. The Bertz CT molecular complexity index is 559. The molecule has 0 bridgehead atoms. The third-order valence-corrected chi connectivity index (χ3v) is 2.44. The van der Waals surface area contributed by atoms with Gasteiger partial charge in [-0.15, -0.1) is 0 Å². The van der Waals surface area contributed by atoms with Crippen molar-refractivity contribution in [2.45, 2.75) is 12.8 Å². The Morgan fingerprint density at radius 2 is 2.28 bits per heavy atom. The van der Waals surface area contributed by atoms with Gasteiger partial charge in [-0.3, -0.25) is 9.59 Å². The predicted octanol–water partition coefficient (Wildman–Crippen LogP) is 0.461. The first-order valence-corrected chi connectivity index (χ1v) is 5.71. The predicted molar refractivity (Wildman–Crippen MR) is 66.3 cm³/mol. The van der Waals surface area contributed by atoms with Gasteiger partial charge in [0.1, 0.15) is 11.5 Å². The van der Waals surface area contributed by atoms with Gasteiger partial charge < -0.3 is 15.3 Å². The van der Waals surface area contributed by atoms with E-state index in [1.54, 1.807) is 24.5 Å². The van der Waals surface area contributed by atoms with Crippen LogP contribution in [0, 0.1) is 0 Å². The SMILES string of the molecule is O=C(NCCCc1ncc[nH]1)c1cccc(=O)[nH]1. The summed E-state index contributed by atoms with van der Waals surface area (Å²) in [4.78, 5) is 32.2. The number of nitrogens with zero attached hydrogens (tertiary/aromatic N) is 1. The number of carbonyl (C=O) groups is 1. The summed E-state index contributed by atoms with van der Waals surface area (Å²) in [6.07, 6.45) is 5.03. The minimum atomic E-state index is -0.279. The molecule has 0 unspecified atom stereocenters. The Morgan fingerprint density at radius 1 is 1.39 bits per heavy atom. The van der Waals surface area contributed by atoms with E-state index in [1.165, 1.54) is 6.07 Å². The van der Waals surface area contributed by atoms with Crippen LogP contribution >= 0.6 is 0 Å². The Hall–Kier alpha value is -2.37. The number of hydrogen-bond acceptors (Lipinski definition) is 3. The van der Waals surface area contributed by atoms with Crippen LogP contribution in [0.3, 0.4) is 0 Å². The molecule has 0 radical (unpaired) electrons. The number of carbonyl (C=O) groups excluding carboxylic acids is 1. The lowest BCUT2D eigenvalue weighted by Gasteiger charge is -2.03. The van der Waals surface area contributed by atoms with E-state index in [-0.39, 0.29) is 17.2 Å². The molecule has 0 saturated carbocycles. The van der Waals surface area contributed by atoms with E-state index in [1.807, 2.05) is 0 Å². The normalized spacial score (nSPS) is 10.2. The van der Waals surface area contributed by atoms with Crippen molar-refractivity contribution in [1.29, 1.82) is 0 Å². The summed E-state index contributed by atoms with van der Waals surface area (Å²) in [6.45, 7) is 0.538. The molecule has 2 aromatic heterocycles. The summed E-state index contributed by atoms with van der Waals surface area (Å²) in [5.74, 6) is 0.629. The molecule has 0 atom stereocenters. The van der Waals surface area contributed by atoms with E-state index in [2.05, 4.69) is 20.3 Å². The molecule has 0 aliphatic heterocycles. The van der Waals surface area contributed by atoms with Crippen LogP contribution in [0.2, 0.25) is 0 Å². The summed E-state index contributed by atoms with van der Waals surface area (Å²) in [7, 11) is 0. The molecule has 2 rings (SSSR count). The standard InChI is InChI=1S/C12H14N4O2/c17-11-5-1-3-9(16-11)12(18)15-6-2-4-10-13-7-8-14-10/h1,3,5,7-8H,2,4,6H2,(H,13,14)(H,15,18)(H,16,17). The number of imidazole rings is 1. The van der Waals surface area contributed by atoms with Crippen LogP contribution in [0.15, 0.2) is 35.4 Å². The molecular weight excluding hydrogens is 232 g/mol. The highest BCUT2D eigenvalue weighted by Gasteiger charge is 2.04. The molecule has 0 aromatic carbocycles. The monoisotopic (exact) mass is 246 g/mol. The van der Waals surface area contributed by atoms with E-state index in [4.69, 9.17) is 0 Å². The number of pyridine rings is 1.